The zero-order valence-electron chi connectivity index (χ0n) is 14.2. The van der Waals surface area contributed by atoms with Gasteiger partial charge in [-0.3, -0.25) is 4.79 Å². The van der Waals surface area contributed by atoms with Crippen LogP contribution in [0.1, 0.15) is 5.01 Å². The molecule has 0 atom stereocenters. The Morgan fingerprint density at radius 2 is 2.21 bits per heavy atom. The number of amides is 1. The highest BCUT2D eigenvalue weighted by atomic mass is 79.9. The Bertz CT molecular complexity index is 1250. The van der Waals surface area contributed by atoms with E-state index in [1.807, 2.05) is 29.0 Å². The fraction of sp³-hybridized carbons (Fsp3) is 0.125. The van der Waals surface area contributed by atoms with Gasteiger partial charge in [-0.25, -0.2) is 13.1 Å². The first-order valence-corrected chi connectivity index (χ1v) is 12.5. The molecule has 0 saturated carbocycles. The molecule has 3 heterocycles. The number of rotatable bonds is 4. The molecule has 4 rings (SSSR count). The molecule has 0 radical (unpaired) electrons. The topological polar surface area (TPSA) is 92.3 Å². The number of anilines is 1. The Labute approximate surface area is 181 Å². The van der Waals surface area contributed by atoms with E-state index in [1.54, 1.807) is 22.4 Å². The Hall–Kier alpha value is -1.53. The number of thioether (sulfide) groups is 1. The van der Waals surface area contributed by atoms with Crippen molar-refractivity contribution in [3.05, 3.63) is 44.0 Å². The summed E-state index contributed by atoms with van der Waals surface area (Å²) < 4.78 is 33.3. The number of carbonyl (C=O) groups is 1. The number of aromatic nitrogens is 1. The first kappa shape index (κ1) is 19.8. The third kappa shape index (κ3) is 4.23. The van der Waals surface area contributed by atoms with Crippen LogP contribution in [0.4, 0.5) is 5.69 Å². The quantitative estimate of drug-likeness (QED) is 0.508. The molecule has 0 bridgehead atoms. The monoisotopic (exact) mass is 520 g/mol. The lowest BCUT2D eigenvalue weighted by Gasteiger charge is -2.00. The van der Waals surface area contributed by atoms with Crippen LogP contribution in [0.2, 0.25) is 5.02 Å². The van der Waals surface area contributed by atoms with Crippen LogP contribution in [0.15, 0.2) is 43.3 Å². The Morgan fingerprint density at radius 1 is 1.43 bits per heavy atom. The van der Waals surface area contributed by atoms with Gasteiger partial charge in [-0.1, -0.05) is 34.7 Å². The van der Waals surface area contributed by atoms with Crippen molar-refractivity contribution in [1.29, 1.82) is 0 Å². The summed E-state index contributed by atoms with van der Waals surface area (Å²) in [5.74, 6) is -0.651. The normalized spacial score (nSPS) is 15.0. The molecule has 0 fully saturated rings. The maximum atomic E-state index is 12.2. The number of fused-ring (bicyclic) bond motifs is 2. The minimum atomic E-state index is -3.64. The van der Waals surface area contributed by atoms with Gasteiger partial charge in [0.15, 0.2) is 9.37 Å². The van der Waals surface area contributed by atoms with Gasteiger partial charge in [0, 0.05) is 16.0 Å². The lowest BCUT2D eigenvalue weighted by atomic mass is 10.3. The van der Waals surface area contributed by atoms with Crippen molar-refractivity contribution in [1.82, 2.24) is 4.72 Å². The summed E-state index contributed by atoms with van der Waals surface area (Å²) in [7, 11) is -3.64. The summed E-state index contributed by atoms with van der Waals surface area (Å²) in [5.41, 5.74) is 1.39. The smallest absolute Gasteiger partial charge is 0.393 e. The molecule has 1 aliphatic rings. The molecule has 1 aliphatic heterocycles. The molecule has 28 heavy (non-hydrogen) atoms. The van der Waals surface area contributed by atoms with Gasteiger partial charge in [0.25, 0.3) is 10.9 Å². The van der Waals surface area contributed by atoms with Gasteiger partial charge in [0.1, 0.15) is 0 Å². The summed E-state index contributed by atoms with van der Waals surface area (Å²) in [6.45, 7) is -0.199. The number of halogens is 2. The van der Waals surface area contributed by atoms with E-state index >= 15 is 0 Å². The number of hydrogen-bond acceptors (Lipinski definition) is 7. The summed E-state index contributed by atoms with van der Waals surface area (Å²) in [6, 6.07) is 7.40. The summed E-state index contributed by atoms with van der Waals surface area (Å²) >= 11 is 12.3. The van der Waals surface area contributed by atoms with Crippen molar-refractivity contribution in [2.75, 3.05) is 11.6 Å². The fourth-order valence-corrected chi connectivity index (χ4v) is 5.90. The van der Waals surface area contributed by atoms with Gasteiger partial charge in [-0.05, 0) is 34.1 Å². The summed E-state index contributed by atoms with van der Waals surface area (Å²) in [4.78, 5) is 13.2. The zero-order valence-corrected chi connectivity index (χ0v) is 18.9. The van der Waals surface area contributed by atoms with E-state index in [-0.39, 0.29) is 6.54 Å². The molecule has 7 nitrogen and oxygen atoms in total. The highest BCUT2D eigenvalue weighted by Crippen LogP contribution is 2.43. The highest BCUT2D eigenvalue weighted by Gasteiger charge is 2.28. The Kier molecular flexibility index (Phi) is 5.21. The number of sulfonamides is 1. The van der Waals surface area contributed by atoms with E-state index in [4.69, 9.17) is 16.0 Å². The minimum absolute atomic E-state index is 0.199. The third-order valence-electron chi connectivity index (χ3n) is 3.65. The number of thiazole rings is 1. The molecule has 3 aromatic rings. The van der Waals surface area contributed by atoms with Crippen LogP contribution in [0, 0.1) is 0 Å². The molecule has 0 unspecified atom stereocenters. The molecule has 2 aromatic heterocycles. The van der Waals surface area contributed by atoms with E-state index in [9.17, 15) is 13.2 Å². The lowest BCUT2D eigenvalue weighted by Crippen LogP contribution is -2.45. The van der Waals surface area contributed by atoms with Crippen LogP contribution in [0.5, 0.6) is 0 Å². The molecule has 0 aliphatic carbocycles. The van der Waals surface area contributed by atoms with Gasteiger partial charge >= 0.3 is 5.71 Å². The van der Waals surface area contributed by atoms with E-state index in [0.29, 0.717) is 15.4 Å². The SMILES string of the molecule is CS(=O)(=O)NC(=O)C[n+]1c(/C=C2/Nc3cc(Cl)ccc3S2)sc2cc(Br)oc21. The van der Waals surface area contributed by atoms with Crippen molar-refractivity contribution < 1.29 is 22.2 Å². The van der Waals surface area contributed by atoms with Crippen molar-refractivity contribution in [2.45, 2.75) is 11.4 Å². The van der Waals surface area contributed by atoms with Crippen LogP contribution in [0.25, 0.3) is 16.5 Å². The third-order valence-corrected chi connectivity index (χ3v) is 6.95. The van der Waals surface area contributed by atoms with Crippen molar-refractivity contribution in [3.63, 3.8) is 0 Å². The van der Waals surface area contributed by atoms with Crippen molar-refractivity contribution in [2.24, 2.45) is 0 Å². The molecule has 0 spiro atoms. The second-order valence-electron chi connectivity index (χ2n) is 5.92. The fourth-order valence-electron chi connectivity index (χ4n) is 2.65. The van der Waals surface area contributed by atoms with Gasteiger partial charge < -0.3 is 9.73 Å². The molecular formula is C16H12BrClN3O4S3+. The molecule has 2 N–H and O–H groups in total. The van der Waals surface area contributed by atoms with Crippen LogP contribution < -0.4 is 14.6 Å². The number of benzene rings is 1. The number of nitrogens with one attached hydrogen (secondary N) is 2. The minimum Gasteiger partial charge on any atom is -0.396 e. The average Bonchev–Trinajstić information content (AvgIpc) is 3.20. The summed E-state index contributed by atoms with van der Waals surface area (Å²) in [5, 5.41) is 5.52. The van der Waals surface area contributed by atoms with E-state index in [2.05, 4.69) is 21.2 Å². The van der Waals surface area contributed by atoms with Crippen molar-refractivity contribution >= 4 is 88.7 Å². The van der Waals surface area contributed by atoms with Crippen LogP contribution in [-0.2, 0) is 21.4 Å². The highest BCUT2D eigenvalue weighted by molar-refractivity contribution is 9.10. The maximum Gasteiger partial charge on any atom is 0.393 e. The molecule has 146 valence electrons. The average molecular weight is 522 g/mol. The zero-order chi connectivity index (χ0) is 20.1. The molecule has 1 aromatic carbocycles. The van der Waals surface area contributed by atoms with Gasteiger partial charge in [-0.2, -0.15) is 0 Å². The van der Waals surface area contributed by atoms with Crippen LogP contribution >= 0.6 is 50.6 Å². The van der Waals surface area contributed by atoms with E-state index in [1.165, 1.54) is 11.3 Å². The van der Waals surface area contributed by atoms with Gasteiger partial charge in [-0.15, -0.1) is 4.57 Å². The Morgan fingerprint density at radius 3 is 2.96 bits per heavy atom. The number of carbonyl (C=O) groups excluding carboxylic acids is 1. The molecule has 12 heteroatoms. The predicted octanol–water partition coefficient (Wildman–Crippen LogP) is 3.79. The summed E-state index contributed by atoms with van der Waals surface area (Å²) in [6.07, 6.45) is 2.83. The van der Waals surface area contributed by atoms with Crippen LogP contribution in [0.3, 0.4) is 0 Å². The molecular weight excluding hydrogens is 510 g/mol. The number of hydrogen-bond donors (Lipinski definition) is 2. The van der Waals surface area contributed by atoms with Gasteiger partial charge in [0.05, 0.1) is 23.0 Å². The Balaban J connectivity index is 1.69. The van der Waals surface area contributed by atoms with Gasteiger partial charge in [0.2, 0.25) is 16.6 Å². The predicted molar refractivity (Wildman–Crippen MR) is 114 cm³/mol. The molecule has 0 saturated heterocycles. The van der Waals surface area contributed by atoms with Crippen LogP contribution in [-0.4, -0.2) is 20.6 Å². The number of furan rings is 1. The molecule has 1 amide bonds. The number of nitrogens with zero attached hydrogens (tertiary/aromatic N) is 1. The first-order chi connectivity index (χ1) is 13.2. The van der Waals surface area contributed by atoms with Crippen molar-refractivity contribution in [3.8, 4) is 0 Å². The lowest BCUT2D eigenvalue weighted by molar-refractivity contribution is -0.662. The van der Waals surface area contributed by atoms with E-state index in [0.717, 1.165) is 31.6 Å². The largest absolute Gasteiger partial charge is 0.396 e. The second-order valence-corrected chi connectivity index (χ2v) is 11.0. The first-order valence-electron chi connectivity index (χ1n) is 7.76. The van der Waals surface area contributed by atoms with E-state index < -0.39 is 15.9 Å². The second kappa shape index (κ2) is 7.38. The maximum absolute atomic E-state index is 12.2. The standard InChI is InChI=1S/C16H11BrClN3O4S3/c1-28(23,24)20-13(22)7-21-15(27-11-5-12(17)25-16(11)21)6-14-19-9-4-8(18)2-3-10(9)26-14/h2-6H,7H2,1H3,(H,20,22)/p+1.